The summed E-state index contributed by atoms with van der Waals surface area (Å²) in [5.74, 6) is 0.224. The second-order valence-electron chi connectivity index (χ2n) is 8.22. The number of nitrogens with one attached hydrogen (secondary N) is 2. The molecule has 3 amide bonds. The number of aliphatic hydroxyl groups is 1. The number of hydrogen-bond acceptors (Lipinski definition) is 5. The Labute approximate surface area is 167 Å². The molecule has 8 heteroatoms. The number of carbonyl (C=O) groups excluding carboxylic acids is 2. The van der Waals surface area contributed by atoms with Gasteiger partial charge in [0.15, 0.2) is 0 Å². The van der Waals surface area contributed by atoms with E-state index in [1.165, 1.54) is 19.3 Å². The van der Waals surface area contributed by atoms with E-state index >= 15 is 0 Å². The molecule has 3 aliphatic rings. The van der Waals surface area contributed by atoms with Crippen molar-refractivity contribution in [3.8, 4) is 0 Å². The molecular formula is C20H35N3O5. The van der Waals surface area contributed by atoms with Crippen LogP contribution in [-0.2, 0) is 14.3 Å². The largest absolute Gasteiger partial charge is 0.388 e. The number of nitrogens with zero attached hydrogens (tertiary/aromatic N) is 1. The highest BCUT2D eigenvalue weighted by atomic mass is 16.5. The topological polar surface area (TPSA) is 100 Å². The zero-order valence-corrected chi connectivity index (χ0v) is 16.9. The fourth-order valence-electron chi connectivity index (χ4n) is 4.50. The van der Waals surface area contributed by atoms with Crippen LogP contribution in [0.15, 0.2) is 0 Å². The lowest BCUT2D eigenvalue weighted by Crippen LogP contribution is -2.57. The lowest BCUT2D eigenvalue weighted by Gasteiger charge is -2.32. The number of hydrogen-bond donors (Lipinski definition) is 3. The number of ether oxygens (including phenoxy) is 2. The maximum Gasteiger partial charge on any atom is 0.318 e. The van der Waals surface area contributed by atoms with E-state index in [-0.39, 0.29) is 24.6 Å². The summed E-state index contributed by atoms with van der Waals surface area (Å²) in [6.45, 7) is 4.33. The number of aliphatic hydroxyl groups excluding tert-OH is 1. The van der Waals surface area contributed by atoms with Crippen molar-refractivity contribution in [1.29, 1.82) is 0 Å². The van der Waals surface area contributed by atoms with Gasteiger partial charge in [0, 0.05) is 13.1 Å². The summed E-state index contributed by atoms with van der Waals surface area (Å²) in [5.41, 5.74) is 0. The molecule has 4 atom stereocenters. The van der Waals surface area contributed by atoms with Crippen molar-refractivity contribution in [1.82, 2.24) is 15.5 Å². The van der Waals surface area contributed by atoms with Crippen molar-refractivity contribution in [2.75, 3.05) is 32.9 Å². The second-order valence-corrected chi connectivity index (χ2v) is 8.22. The van der Waals surface area contributed by atoms with Crippen LogP contribution in [0.4, 0.5) is 4.79 Å². The molecule has 2 saturated heterocycles. The van der Waals surface area contributed by atoms with Gasteiger partial charge >= 0.3 is 6.03 Å². The first-order valence-corrected chi connectivity index (χ1v) is 10.8. The van der Waals surface area contributed by atoms with Gasteiger partial charge in [0.2, 0.25) is 5.91 Å². The molecule has 3 fully saturated rings. The number of urea groups is 1. The Morgan fingerprint density at radius 2 is 1.89 bits per heavy atom. The molecule has 1 aliphatic carbocycles. The first-order valence-electron chi connectivity index (χ1n) is 10.8. The van der Waals surface area contributed by atoms with Crippen LogP contribution in [0.25, 0.3) is 0 Å². The van der Waals surface area contributed by atoms with E-state index in [0.717, 1.165) is 19.3 Å². The SMILES string of the molecule is CC[C@@H]1OCC(O)[C@@H]1NC(=O)[C@H](CC1CCCCC1)NC(=O)N1CCOCC1. The van der Waals surface area contributed by atoms with Gasteiger partial charge in [-0.1, -0.05) is 39.0 Å². The number of carbonyl (C=O) groups is 2. The Kier molecular flexibility index (Phi) is 7.93. The van der Waals surface area contributed by atoms with E-state index in [9.17, 15) is 14.7 Å². The minimum absolute atomic E-state index is 0.191. The Balaban J connectivity index is 1.63. The van der Waals surface area contributed by atoms with Gasteiger partial charge in [0.25, 0.3) is 0 Å². The van der Waals surface area contributed by atoms with Crippen molar-refractivity contribution in [3.05, 3.63) is 0 Å². The van der Waals surface area contributed by atoms with Gasteiger partial charge < -0.3 is 30.1 Å². The highest BCUT2D eigenvalue weighted by Gasteiger charge is 2.38. The molecule has 0 bridgehead atoms. The molecule has 3 rings (SSSR count). The maximum absolute atomic E-state index is 13.1. The summed E-state index contributed by atoms with van der Waals surface area (Å²) >= 11 is 0. The van der Waals surface area contributed by atoms with Crippen molar-refractivity contribution in [3.63, 3.8) is 0 Å². The Bertz CT molecular complexity index is 520. The Hall–Kier alpha value is -1.38. The minimum atomic E-state index is -0.709. The van der Waals surface area contributed by atoms with Gasteiger partial charge in [-0.3, -0.25) is 4.79 Å². The third-order valence-corrected chi connectivity index (χ3v) is 6.21. The zero-order valence-electron chi connectivity index (χ0n) is 16.9. The van der Waals surface area contributed by atoms with Crippen molar-refractivity contribution >= 4 is 11.9 Å². The van der Waals surface area contributed by atoms with Crippen LogP contribution >= 0.6 is 0 Å². The average Bonchev–Trinajstić information content (AvgIpc) is 3.08. The monoisotopic (exact) mass is 397 g/mol. The molecule has 1 unspecified atom stereocenters. The summed E-state index contributed by atoms with van der Waals surface area (Å²) in [6.07, 6.45) is 6.28. The van der Waals surface area contributed by atoms with Crippen LogP contribution < -0.4 is 10.6 Å². The summed E-state index contributed by atoms with van der Waals surface area (Å²) in [7, 11) is 0. The standard InChI is InChI=1S/C20H35N3O5/c1-2-17-18(16(24)13-28-17)22-19(25)15(12-14-6-4-3-5-7-14)21-20(26)23-8-10-27-11-9-23/h14-18,24H,2-13H2,1H3,(H,21,26)(H,22,25)/t15-,16?,17-,18-/m0/s1. The molecule has 0 aromatic heterocycles. The predicted molar refractivity (Wildman–Crippen MR) is 104 cm³/mol. The molecule has 8 nitrogen and oxygen atoms in total. The highest BCUT2D eigenvalue weighted by molar-refractivity contribution is 5.87. The van der Waals surface area contributed by atoms with Gasteiger partial charge in [-0.15, -0.1) is 0 Å². The maximum atomic E-state index is 13.1. The van der Waals surface area contributed by atoms with Crippen molar-refractivity contribution in [2.24, 2.45) is 5.92 Å². The zero-order chi connectivity index (χ0) is 19.9. The lowest BCUT2D eigenvalue weighted by atomic mass is 9.84. The van der Waals surface area contributed by atoms with Crippen LogP contribution in [0.2, 0.25) is 0 Å². The van der Waals surface area contributed by atoms with Gasteiger partial charge in [-0.2, -0.15) is 0 Å². The molecule has 0 spiro atoms. The molecule has 160 valence electrons. The molecule has 0 aromatic carbocycles. The number of morpholine rings is 1. The fourth-order valence-corrected chi connectivity index (χ4v) is 4.50. The second kappa shape index (κ2) is 10.4. The summed E-state index contributed by atoms with van der Waals surface area (Å²) in [5, 5.41) is 16.1. The summed E-state index contributed by atoms with van der Waals surface area (Å²) in [6, 6.07) is -1.23. The van der Waals surface area contributed by atoms with Gasteiger partial charge in [0.1, 0.15) is 12.1 Å². The van der Waals surface area contributed by atoms with Crippen LogP contribution in [0, 0.1) is 5.92 Å². The first kappa shape index (κ1) is 21.3. The third kappa shape index (κ3) is 5.58. The third-order valence-electron chi connectivity index (χ3n) is 6.21. The molecule has 0 radical (unpaired) electrons. The summed E-state index contributed by atoms with van der Waals surface area (Å²) in [4.78, 5) is 27.4. The average molecular weight is 398 g/mol. The van der Waals surface area contributed by atoms with Crippen LogP contribution in [0.3, 0.4) is 0 Å². The van der Waals surface area contributed by atoms with Gasteiger partial charge in [0.05, 0.1) is 32.0 Å². The van der Waals surface area contributed by atoms with E-state index in [2.05, 4.69) is 10.6 Å². The highest BCUT2D eigenvalue weighted by Crippen LogP contribution is 2.28. The van der Waals surface area contributed by atoms with Gasteiger partial charge in [-0.05, 0) is 18.8 Å². The first-order chi connectivity index (χ1) is 13.6. The fraction of sp³-hybridized carbons (Fsp3) is 0.900. The minimum Gasteiger partial charge on any atom is -0.388 e. The van der Waals surface area contributed by atoms with E-state index in [4.69, 9.17) is 9.47 Å². The van der Waals surface area contributed by atoms with Crippen molar-refractivity contribution in [2.45, 2.75) is 76.2 Å². The number of amides is 3. The molecule has 1 saturated carbocycles. The predicted octanol–water partition coefficient (Wildman–Crippen LogP) is 1.02. The molecule has 28 heavy (non-hydrogen) atoms. The Morgan fingerprint density at radius 1 is 1.18 bits per heavy atom. The summed E-state index contributed by atoms with van der Waals surface area (Å²) < 4.78 is 10.9. The molecule has 2 heterocycles. The van der Waals surface area contributed by atoms with Gasteiger partial charge in [-0.25, -0.2) is 4.79 Å². The van der Waals surface area contributed by atoms with Crippen LogP contribution in [0.1, 0.15) is 51.9 Å². The number of rotatable bonds is 6. The molecule has 3 N–H and O–H groups in total. The normalized spacial score (nSPS) is 30.1. The van der Waals surface area contributed by atoms with Crippen molar-refractivity contribution < 1.29 is 24.2 Å². The molecule has 2 aliphatic heterocycles. The van der Waals surface area contributed by atoms with E-state index in [0.29, 0.717) is 38.6 Å². The van der Waals surface area contributed by atoms with Crippen LogP contribution in [-0.4, -0.2) is 79.1 Å². The quantitative estimate of drug-likeness (QED) is 0.621. The smallest absolute Gasteiger partial charge is 0.318 e. The van der Waals surface area contributed by atoms with E-state index < -0.39 is 18.2 Å². The molecule has 0 aromatic rings. The molecular weight excluding hydrogens is 362 g/mol. The van der Waals surface area contributed by atoms with E-state index in [1.54, 1.807) is 4.90 Å². The van der Waals surface area contributed by atoms with Crippen LogP contribution in [0.5, 0.6) is 0 Å². The van der Waals surface area contributed by atoms with E-state index in [1.807, 2.05) is 6.92 Å². The lowest BCUT2D eigenvalue weighted by molar-refractivity contribution is -0.125. The Morgan fingerprint density at radius 3 is 2.57 bits per heavy atom.